The van der Waals surface area contributed by atoms with Crippen LogP contribution in [0.15, 0.2) is 42.5 Å². The molecule has 3 N–H and O–H groups in total. The number of methoxy groups -OCH3 is 1. The molecule has 0 spiro atoms. The van der Waals surface area contributed by atoms with E-state index in [0.717, 1.165) is 42.5 Å². The summed E-state index contributed by atoms with van der Waals surface area (Å²) >= 11 is 0. The smallest absolute Gasteiger partial charge is 0.332 e. The zero-order valence-corrected chi connectivity index (χ0v) is 34.3. The molecular formula is C43H64N4O8. The number of ether oxygens (including phenoxy) is 3. The maximum atomic E-state index is 14.5. The lowest BCUT2D eigenvalue weighted by Crippen LogP contribution is -2.62. The predicted molar refractivity (Wildman–Crippen MR) is 211 cm³/mol. The lowest BCUT2D eigenvalue weighted by atomic mass is 9.45. The summed E-state index contributed by atoms with van der Waals surface area (Å²) in [7, 11) is 5.61. The average molecular weight is 765 g/mol. The summed E-state index contributed by atoms with van der Waals surface area (Å²) in [6.45, 7) is 13.3. The van der Waals surface area contributed by atoms with E-state index in [0.29, 0.717) is 29.1 Å². The van der Waals surface area contributed by atoms with Gasteiger partial charge in [0.05, 0.1) is 33.0 Å². The van der Waals surface area contributed by atoms with E-state index < -0.39 is 30.1 Å². The van der Waals surface area contributed by atoms with Crippen LogP contribution in [0.25, 0.3) is 11.1 Å². The molecule has 2 amide bonds. The molecule has 6 rings (SSSR count). The summed E-state index contributed by atoms with van der Waals surface area (Å²) in [6, 6.07) is 12.5. The molecule has 12 heteroatoms. The number of esters is 1. The normalized spacial score (nSPS) is 26.9. The Labute approximate surface area is 327 Å². The predicted octanol–water partition coefficient (Wildman–Crippen LogP) is 5.07. The summed E-state index contributed by atoms with van der Waals surface area (Å²) < 4.78 is 16.8. The Bertz CT molecular complexity index is 1630. The number of hydroxylamine groups is 2. The molecule has 4 fully saturated rings. The van der Waals surface area contributed by atoms with Gasteiger partial charge in [-0.15, -0.1) is 0 Å². The second-order valence-electron chi connectivity index (χ2n) is 16.7. The molecule has 304 valence electrons. The number of benzene rings is 2. The highest BCUT2D eigenvalue weighted by atomic mass is 16.7. The van der Waals surface area contributed by atoms with Gasteiger partial charge in [0.1, 0.15) is 24.5 Å². The lowest BCUT2D eigenvalue weighted by molar-refractivity contribution is -0.188. The molecule has 12 nitrogen and oxygen atoms in total. The van der Waals surface area contributed by atoms with Crippen LogP contribution in [0.3, 0.4) is 0 Å². The van der Waals surface area contributed by atoms with Crippen LogP contribution in [0.2, 0.25) is 0 Å². The number of rotatable bonds is 18. The molecular weight excluding hydrogens is 700 g/mol. The topological polar surface area (TPSA) is 139 Å². The summed E-state index contributed by atoms with van der Waals surface area (Å²) in [4.78, 5) is 48.6. The third-order valence-corrected chi connectivity index (χ3v) is 12.3. The Morgan fingerprint density at radius 2 is 1.85 bits per heavy atom. The number of nitrogens with zero attached hydrogens (tertiary/aromatic N) is 2. The van der Waals surface area contributed by atoms with Gasteiger partial charge in [-0.3, -0.25) is 14.4 Å². The summed E-state index contributed by atoms with van der Waals surface area (Å²) in [5, 5.41) is 19.4. The maximum Gasteiger partial charge on any atom is 0.332 e. The molecule has 3 aliphatic carbocycles. The molecule has 55 heavy (non-hydrogen) atoms. The quantitative estimate of drug-likeness (QED) is 0.177. The molecule has 1 aliphatic heterocycles. The first-order valence-electron chi connectivity index (χ1n) is 20.1. The van der Waals surface area contributed by atoms with Crippen LogP contribution in [-0.4, -0.2) is 111 Å². The third kappa shape index (κ3) is 9.71. The number of carbonyl (C=O) groups excluding carboxylic acids is 3. The lowest BCUT2D eigenvalue weighted by Gasteiger charge is -2.62. The van der Waals surface area contributed by atoms with Crippen LogP contribution in [0, 0.1) is 29.1 Å². The van der Waals surface area contributed by atoms with Gasteiger partial charge in [-0.05, 0) is 88.1 Å². The average Bonchev–Trinajstić information content (AvgIpc) is 3.50. The standard InChI is InChI=1S/C43H64N4O8/c1-10-14-32(23-46(7)8)44-41(50)29-16-12-15-28(19-29)33-18-13-17-30(40(33)52-9)22-47-39(38(27(4)48)36(55-47)24-53-25-37(49)54-11-2)42(51)45-35-21-31-20-34(26(35)3)43(31,5)6/h12-13,15-19,26-27,31-32,34-36,38-39,48H,10-11,14,20-25H2,1-9H3,(H,44,50)(H,45,51)/t26-,27-,31+,32+,34+,35-,36-,38+,39-/m0/s1. The van der Waals surface area contributed by atoms with E-state index in [-0.39, 0.29) is 55.7 Å². The largest absolute Gasteiger partial charge is 0.496 e. The van der Waals surface area contributed by atoms with Gasteiger partial charge in [0.25, 0.3) is 5.91 Å². The number of nitrogens with one attached hydrogen (secondary N) is 2. The molecule has 2 bridgehead atoms. The zero-order valence-electron chi connectivity index (χ0n) is 34.3. The number of para-hydroxylation sites is 1. The minimum absolute atomic E-state index is 0.0161. The Morgan fingerprint density at radius 3 is 2.49 bits per heavy atom. The summed E-state index contributed by atoms with van der Waals surface area (Å²) in [6.07, 6.45) is 2.31. The molecule has 3 saturated carbocycles. The van der Waals surface area contributed by atoms with Crippen LogP contribution in [0.1, 0.15) is 83.1 Å². The molecule has 0 aromatic heterocycles. The number of fused-ring (bicyclic) bond motifs is 2. The van der Waals surface area contributed by atoms with E-state index in [4.69, 9.17) is 19.0 Å². The highest BCUT2D eigenvalue weighted by Crippen LogP contribution is 2.61. The van der Waals surface area contributed by atoms with Crippen LogP contribution >= 0.6 is 0 Å². The molecule has 0 radical (unpaired) electrons. The van der Waals surface area contributed by atoms with Crippen molar-refractivity contribution in [2.75, 3.05) is 47.6 Å². The van der Waals surface area contributed by atoms with E-state index in [1.165, 1.54) is 6.42 Å². The van der Waals surface area contributed by atoms with Gasteiger partial charge < -0.3 is 34.9 Å². The van der Waals surface area contributed by atoms with Crippen molar-refractivity contribution >= 4 is 17.8 Å². The fraction of sp³-hybridized carbons (Fsp3) is 0.651. The number of carbonyl (C=O) groups is 3. The molecule has 1 heterocycles. The minimum atomic E-state index is -0.926. The molecule has 4 aliphatic rings. The second-order valence-corrected chi connectivity index (χ2v) is 16.7. The van der Waals surface area contributed by atoms with Crippen molar-refractivity contribution in [2.24, 2.45) is 29.1 Å². The van der Waals surface area contributed by atoms with Crippen LogP contribution in [0.5, 0.6) is 5.75 Å². The van der Waals surface area contributed by atoms with Crippen molar-refractivity contribution in [1.29, 1.82) is 0 Å². The van der Waals surface area contributed by atoms with Gasteiger partial charge in [0.2, 0.25) is 5.91 Å². The van der Waals surface area contributed by atoms with E-state index in [1.54, 1.807) is 26.0 Å². The number of aliphatic hydroxyl groups excluding tert-OH is 1. The van der Waals surface area contributed by atoms with Crippen molar-refractivity contribution in [3.8, 4) is 16.9 Å². The van der Waals surface area contributed by atoms with E-state index >= 15 is 0 Å². The van der Waals surface area contributed by atoms with Gasteiger partial charge in [0.15, 0.2) is 0 Å². The maximum absolute atomic E-state index is 14.5. The van der Waals surface area contributed by atoms with Gasteiger partial charge >= 0.3 is 5.97 Å². The van der Waals surface area contributed by atoms with Crippen LogP contribution in [-0.2, 0) is 30.4 Å². The number of amides is 2. The van der Waals surface area contributed by atoms with Gasteiger partial charge in [0, 0.05) is 41.2 Å². The third-order valence-electron chi connectivity index (χ3n) is 12.3. The zero-order chi connectivity index (χ0) is 40.0. The summed E-state index contributed by atoms with van der Waals surface area (Å²) in [5.74, 6) is 0.498. The van der Waals surface area contributed by atoms with Crippen LogP contribution < -0.4 is 15.4 Å². The summed E-state index contributed by atoms with van der Waals surface area (Å²) in [5.41, 5.74) is 3.16. The van der Waals surface area contributed by atoms with Crippen molar-refractivity contribution in [1.82, 2.24) is 20.6 Å². The number of hydrogen-bond acceptors (Lipinski definition) is 10. The van der Waals surface area contributed by atoms with Gasteiger partial charge in [-0.1, -0.05) is 64.4 Å². The SMILES string of the molecule is CCC[C@H](CN(C)C)NC(=O)c1cccc(-c2cccc(CN3O[C@@H](COCC(=O)OCC)[C@@H]([C@H](C)O)[C@H]3C(=O)N[C@H]3C[C@H]4C[C@H]([C@@H]3C)C4(C)C)c2OC)c1. The Hall–Kier alpha value is -3.55. The monoisotopic (exact) mass is 764 g/mol. The fourth-order valence-corrected chi connectivity index (χ4v) is 9.37. The van der Waals surface area contributed by atoms with Crippen molar-refractivity contribution in [3.05, 3.63) is 53.6 Å². The van der Waals surface area contributed by atoms with Crippen molar-refractivity contribution < 1.29 is 38.5 Å². The van der Waals surface area contributed by atoms with Crippen LogP contribution in [0.4, 0.5) is 0 Å². The molecule has 2 aromatic carbocycles. The van der Waals surface area contributed by atoms with E-state index in [1.807, 2.05) is 56.6 Å². The molecule has 2 aromatic rings. The highest BCUT2D eigenvalue weighted by Gasteiger charge is 2.57. The number of aliphatic hydroxyl groups is 1. The highest BCUT2D eigenvalue weighted by molar-refractivity contribution is 5.96. The fourth-order valence-electron chi connectivity index (χ4n) is 9.37. The van der Waals surface area contributed by atoms with E-state index in [2.05, 4.69) is 43.2 Å². The van der Waals surface area contributed by atoms with Crippen molar-refractivity contribution in [2.45, 2.75) is 104 Å². The van der Waals surface area contributed by atoms with E-state index in [9.17, 15) is 19.5 Å². The molecule has 9 atom stereocenters. The first-order chi connectivity index (χ1) is 26.2. The first kappa shape index (κ1) is 42.6. The van der Waals surface area contributed by atoms with Gasteiger partial charge in [-0.25, -0.2) is 4.79 Å². The first-order valence-corrected chi connectivity index (χ1v) is 20.1. The second kappa shape index (κ2) is 18.6. The number of hydrogen-bond donors (Lipinski definition) is 3. The van der Waals surface area contributed by atoms with Crippen molar-refractivity contribution in [3.63, 3.8) is 0 Å². The molecule has 0 unspecified atom stereocenters. The molecule has 1 saturated heterocycles. The minimum Gasteiger partial charge on any atom is -0.496 e. The Morgan fingerprint density at radius 1 is 1.11 bits per heavy atom. The van der Waals surface area contributed by atoms with Gasteiger partial charge in [-0.2, -0.15) is 5.06 Å². The Kier molecular flexibility index (Phi) is 14.4. The number of likely N-dealkylation sites (N-methyl/N-ethyl adjacent to an activating group) is 1. The Balaban J connectivity index is 1.41.